The molecular weight excluding hydrogens is 336 g/mol. The Bertz CT molecular complexity index is 763. The molecule has 1 aliphatic heterocycles. The number of carbonyl (C=O) groups excluding carboxylic acids is 1. The summed E-state index contributed by atoms with van der Waals surface area (Å²) < 4.78 is 0. The highest BCUT2D eigenvalue weighted by Crippen LogP contribution is 2.23. The average molecular weight is 359 g/mol. The Morgan fingerprint density at radius 2 is 2.16 bits per heavy atom. The fraction of sp³-hybridized carbons (Fsp3) is 0.350. The Kier molecular flexibility index (Phi) is 5.74. The molecule has 1 heterocycles. The summed E-state index contributed by atoms with van der Waals surface area (Å²) in [4.78, 5) is 14.8. The molecule has 2 N–H and O–H groups in total. The van der Waals surface area contributed by atoms with Crippen molar-refractivity contribution >= 4 is 23.2 Å². The molecule has 0 unspecified atom stereocenters. The Morgan fingerprint density at radius 3 is 2.96 bits per heavy atom. The van der Waals surface area contributed by atoms with Crippen LogP contribution < -0.4 is 5.32 Å². The number of nitrogens with one attached hydrogen (secondary N) is 1. The maximum Gasteiger partial charge on any atom is 0.255 e. The number of β-amino-alcohol motifs (C(OH)–C–C–N with tert-alkyl or cyclic N) is 1. The summed E-state index contributed by atoms with van der Waals surface area (Å²) in [5.41, 5.74) is 3.33. The molecule has 0 aliphatic carbocycles. The van der Waals surface area contributed by atoms with Crippen LogP contribution in [0.4, 0.5) is 5.69 Å². The van der Waals surface area contributed by atoms with Crippen LogP contribution >= 0.6 is 11.6 Å². The van der Waals surface area contributed by atoms with E-state index >= 15 is 0 Å². The largest absolute Gasteiger partial charge is 0.392 e. The van der Waals surface area contributed by atoms with Crippen molar-refractivity contribution in [1.82, 2.24) is 4.90 Å². The number of anilines is 1. The van der Waals surface area contributed by atoms with Crippen LogP contribution in [0.25, 0.3) is 0 Å². The Balaban J connectivity index is 1.70. The molecule has 3 rings (SSSR count). The highest BCUT2D eigenvalue weighted by atomic mass is 35.5. The molecule has 2 aromatic rings. The second-order valence-electron chi connectivity index (χ2n) is 6.67. The van der Waals surface area contributed by atoms with E-state index in [-0.39, 0.29) is 12.0 Å². The third-order valence-electron chi connectivity index (χ3n) is 4.45. The van der Waals surface area contributed by atoms with Gasteiger partial charge in [-0.05, 0) is 61.7 Å². The van der Waals surface area contributed by atoms with E-state index in [0.717, 1.165) is 37.1 Å². The van der Waals surface area contributed by atoms with Gasteiger partial charge in [-0.1, -0.05) is 29.8 Å². The number of carbonyl (C=O) groups is 1. The van der Waals surface area contributed by atoms with Crippen LogP contribution in [0.1, 0.15) is 34.3 Å². The SMILES string of the molecule is Cc1ccc(Cl)c(NC(=O)c2cccc(CN3CCC[C@@H](O)C3)c2)c1. The van der Waals surface area contributed by atoms with Gasteiger partial charge < -0.3 is 10.4 Å². The van der Waals surface area contributed by atoms with Gasteiger partial charge >= 0.3 is 0 Å². The Hall–Kier alpha value is -1.88. The molecule has 0 spiro atoms. The lowest BCUT2D eigenvalue weighted by molar-refractivity contribution is 0.0668. The fourth-order valence-corrected chi connectivity index (χ4v) is 3.34. The van der Waals surface area contributed by atoms with Gasteiger partial charge in [0.1, 0.15) is 0 Å². The molecule has 0 radical (unpaired) electrons. The predicted octanol–water partition coefficient (Wildman–Crippen LogP) is 3.86. The molecule has 1 aliphatic rings. The Morgan fingerprint density at radius 1 is 1.32 bits per heavy atom. The molecule has 1 atom stereocenters. The normalized spacial score (nSPS) is 18.1. The van der Waals surface area contributed by atoms with Gasteiger partial charge in [0.15, 0.2) is 0 Å². The number of hydrogen-bond donors (Lipinski definition) is 2. The minimum Gasteiger partial charge on any atom is -0.392 e. The molecule has 0 aromatic heterocycles. The first-order valence-electron chi connectivity index (χ1n) is 8.58. The second kappa shape index (κ2) is 8.00. The summed E-state index contributed by atoms with van der Waals surface area (Å²) in [6.07, 6.45) is 1.63. The van der Waals surface area contributed by atoms with Crippen LogP contribution in [0.5, 0.6) is 0 Å². The standard InChI is InChI=1S/C20H23ClN2O2/c1-14-7-8-18(21)19(10-14)22-20(25)16-5-2-4-15(11-16)12-23-9-3-6-17(24)13-23/h2,4-5,7-8,10-11,17,24H,3,6,9,12-13H2,1H3,(H,22,25)/t17-/m1/s1. The van der Waals surface area contributed by atoms with Crippen molar-refractivity contribution in [1.29, 1.82) is 0 Å². The maximum atomic E-state index is 12.6. The number of likely N-dealkylation sites (tertiary alicyclic amines) is 1. The van der Waals surface area contributed by atoms with Gasteiger partial charge in [-0.25, -0.2) is 0 Å². The first-order valence-corrected chi connectivity index (χ1v) is 8.96. The van der Waals surface area contributed by atoms with Crippen molar-refractivity contribution < 1.29 is 9.90 Å². The summed E-state index contributed by atoms with van der Waals surface area (Å²) in [5.74, 6) is -0.173. The monoisotopic (exact) mass is 358 g/mol. The van der Waals surface area contributed by atoms with Gasteiger partial charge in [0.05, 0.1) is 16.8 Å². The number of rotatable bonds is 4. The van der Waals surface area contributed by atoms with E-state index < -0.39 is 0 Å². The van der Waals surface area contributed by atoms with Crippen molar-refractivity contribution in [2.75, 3.05) is 18.4 Å². The van der Waals surface area contributed by atoms with Crippen LogP contribution in [-0.2, 0) is 6.54 Å². The lowest BCUT2D eigenvalue weighted by atomic mass is 10.1. The molecule has 1 fully saturated rings. The number of aryl methyl sites for hydroxylation is 1. The minimum atomic E-state index is -0.247. The van der Waals surface area contributed by atoms with Gasteiger partial charge in [0.25, 0.3) is 5.91 Å². The van der Waals surface area contributed by atoms with E-state index in [2.05, 4.69) is 10.2 Å². The molecule has 25 heavy (non-hydrogen) atoms. The zero-order valence-corrected chi connectivity index (χ0v) is 15.1. The zero-order valence-electron chi connectivity index (χ0n) is 14.3. The average Bonchev–Trinajstić information content (AvgIpc) is 2.58. The van der Waals surface area contributed by atoms with E-state index in [1.54, 1.807) is 12.1 Å². The van der Waals surface area contributed by atoms with Crippen molar-refractivity contribution in [3.05, 3.63) is 64.2 Å². The van der Waals surface area contributed by atoms with Crippen LogP contribution in [0, 0.1) is 6.92 Å². The van der Waals surface area contributed by atoms with Crippen molar-refractivity contribution in [2.45, 2.75) is 32.4 Å². The van der Waals surface area contributed by atoms with Crippen LogP contribution in [0.15, 0.2) is 42.5 Å². The topological polar surface area (TPSA) is 52.6 Å². The summed E-state index contributed by atoms with van der Waals surface area (Å²) in [5, 5.41) is 13.2. The first-order chi connectivity index (χ1) is 12.0. The molecule has 5 heteroatoms. The van der Waals surface area contributed by atoms with E-state index in [1.165, 1.54) is 0 Å². The second-order valence-corrected chi connectivity index (χ2v) is 7.08. The number of piperidine rings is 1. The van der Waals surface area contributed by atoms with E-state index in [9.17, 15) is 9.90 Å². The highest BCUT2D eigenvalue weighted by molar-refractivity contribution is 6.34. The highest BCUT2D eigenvalue weighted by Gasteiger charge is 2.18. The smallest absolute Gasteiger partial charge is 0.255 e. The summed E-state index contributed by atoms with van der Waals surface area (Å²) in [6, 6.07) is 13.2. The third-order valence-corrected chi connectivity index (χ3v) is 4.78. The van der Waals surface area contributed by atoms with Crippen LogP contribution in [-0.4, -0.2) is 35.1 Å². The summed E-state index contributed by atoms with van der Waals surface area (Å²) >= 11 is 6.16. The number of benzene rings is 2. The number of aliphatic hydroxyl groups is 1. The molecule has 0 bridgehead atoms. The Labute approximate surface area is 153 Å². The van der Waals surface area contributed by atoms with E-state index in [1.807, 2.05) is 37.3 Å². The third kappa shape index (κ3) is 4.82. The van der Waals surface area contributed by atoms with E-state index in [4.69, 9.17) is 11.6 Å². The minimum absolute atomic E-state index is 0.173. The van der Waals surface area contributed by atoms with Gasteiger partial charge in [-0.15, -0.1) is 0 Å². The van der Waals surface area contributed by atoms with Gasteiger partial charge in [-0.3, -0.25) is 9.69 Å². The summed E-state index contributed by atoms with van der Waals surface area (Å²) in [6.45, 7) is 4.37. The fourth-order valence-electron chi connectivity index (χ4n) is 3.17. The van der Waals surface area contributed by atoms with Crippen molar-refractivity contribution in [2.24, 2.45) is 0 Å². The van der Waals surface area contributed by atoms with Crippen molar-refractivity contribution in [3.63, 3.8) is 0 Å². The number of amides is 1. The molecule has 0 saturated carbocycles. The summed E-state index contributed by atoms with van der Waals surface area (Å²) in [7, 11) is 0. The van der Waals surface area contributed by atoms with Gasteiger partial charge in [0.2, 0.25) is 0 Å². The zero-order chi connectivity index (χ0) is 17.8. The van der Waals surface area contributed by atoms with Gasteiger partial charge in [-0.2, -0.15) is 0 Å². The molecule has 132 valence electrons. The van der Waals surface area contributed by atoms with Crippen LogP contribution in [0.2, 0.25) is 5.02 Å². The van der Waals surface area contributed by atoms with Gasteiger partial charge in [0, 0.05) is 18.7 Å². The quantitative estimate of drug-likeness (QED) is 0.872. The number of aliphatic hydroxyl groups excluding tert-OH is 1. The molecule has 1 amide bonds. The molecule has 2 aromatic carbocycles. The van der Waals surface area contributed by atoms with Crippen molar-refractivity contribution in [3.8, 4) is 0 Å². The van der Waals surface area contributed by atoms with E-state index in [0.29, 0.717) is 22.8 Å². The van der Waals surface area contributed by atoms with Crippen LogP contribution in [0.3, 0.4) is 0 Å². The maximum absolute atomic E-state index is 12.6. The molecule has 1 saturated heterocycles. The molecule has 4 nitrogen and oxygen atoms in total. The number of halogens is 1. The number of hydrogen-bond acceptors (Lipinski definition) is 3. The first kappa shape index (κ1) is 17.9. The predicted molar refractivity (Wildman–Crippen MR) is 101 cm³/mol. The lowest BCUT2D eigenvalue weighted by Crippen LogP contribution is -2.37. The number of nitrogens with zero attached hydrogens (tertiary/aromatic N) is 1. The lowest BCUT2D eigenvalue weighted by Gasteiger charge is -2.30. The molecular formula is C20H23ClN2O2.